The molecule has 2 N–H and O–H groups in total. The summed E-state index contributed by atoms with van der Waals surface area (Å²) in [7, 11) is 0. The van der Waals surface area contributed by atoms with Crippen LogP contribution in [0.1, 0.15) is 11.7 Å². The fraction of sp³-hybridized carbons (Fsp3) is 0.222. The van der Waals surface area contributed by atoms with Gasteiger partial charge in [0.2, 0.25) is 0 Å². The molecular weight excluding hydrogens is 246 g/mol. The first-order valence-corrected chi connectivity index (χ1v) is 4.45. The Morgan fingerprint density at radius 3 is 2.56 bits per heavy atom. The molecule has 1 aromatic rings. The van der Waals surface area contributed by atoms with E-state index in [1.165, 1.54) is 12.1 Å². The van der Waals surface area contributed by atoms with Gasteiger partial charge in [0.15, 0.2) is 6.10 Å². The highest BCUT2D eigenvalue weighted by Gasteiger charge is 2.24. The highest BCUT2D eigenvalue weighted by atomic mass is 35.5. The number of hydrogen-bond donors (Lipinski definition) is 2. The number of aliphatic hydroxyl groups is 1. The van der Waals surface area contributed by atoms with Crippen molar-refractivity contribution >= 4 is 17.6 Å². The minimum Gasteiger partial charge on any atom is -0.479 e. The normalized spacial score (nSPS) is 12.6. The summed E-state index contributed by atoms with van der Waals surface area (Å²) in [4.78, 5) is 10.5. The van der Waals surface area contributed by atoms with Gasteiger partial charge in [-0.15, -0.1) is 0 Å². The van der Waals surface area contributed by atoms with E-state index in [1.54, 1.807) is 0 Å². The van der Waals surface area contributed by atoms with E-state index < -0.39 is 30.0 Å². The monoisotopic (exact) mass is 252 g/mol. The number of alkyl halides is 2. The number of ether oxygens (including phenoxy) is 1. The molecular formula is C9H7ClF2O4. The number of benzene rings is 1. The molecule has 7 heteroatoms. The summed E-state index contributed by atoms with van der Waals surface area (Å²) >= 11 is 5.60. The topological polar surface area (TPSA) is 66.8 Å². The van der Waals surface area contributed by atoms with Gasteiger partial charge in [-0.05, 0) is 12.1 Å². The molecule has 16 heavy (non-hydrogen) atoms. The van der Waals surface area contributed by atoms with Crippen molar-refractivity contribution in [3.05, 3.63) is 28.8 Å². The van der Waals surface area contributed by atoms with E-state index in [4.69, 9.17) is 16.7 Å². The van der Waals surface area contributed by atoms with Crippen LogP contribution < -0.4 is 4.74 Å². The summed E-state index contributed by atoms with van der Waals surface area (Å²) < 4.78 is 28.1. The molecule has 0 heterocycles. The summed E-state index contributed by atoms with van der Waals surface area (Å²) in [5, 5.41) is 17.7. The lowest BCUT2D eigenvalue weighted by molar-refractivity contribution is -0.147. The molecule has 0 spiro atoms. The van der Waals surface area contributed by atoms with Gasteiger partial charge in [-0.3, -0.25) is 0 Å². The summed E-state index contributed by atoms with van der Waals surface area (Å²) in [6, 6.07) is 3.67. The lowest BCUT2D eigenvalue weighted by Crippen LogP contribution is -2.14. The second kappa shape index (κ2) is 5.09. The Bertz CT molecular complexity index is 397. The summed E-state index contributed by atoms with van der Waals surface area (Å²) in [5.41, 5.74) is -0.392. The zero-order valence-electron chi connectivity index (χ0n) is 7.73. The molecule has 0 fully saturated rings. The zero-order valence-corrected chi connectivity index (χ0v) is 8.49. The van der Waals surface area contributed by atoms with Gasteiger partial charge >= 0.3 is 12.6 Å². The summed E-state index contributed by atoms with van der Waals surface area (Å²) in [5.74, 6) is -2.07. The van der Waals surface area contributed by atoms with E-state index in [-0.39, 0.29) is 5.02 Å². The highest BCUT2D eigenvalue weighted by molar-refractivity contribution is 6.31. The molecule has 0 saturated heterocycles. The average molecular weight is 253 g/mol. The summed E-state index contributed by atoms with van der Waals surface area (Å²) in [6.45, 7) is -3.13. The van der Waals surface area contributed by atoms with E-state index in [0.29, 0.717) is 0 Å². The quantitative estimate of drug-likeness (QED) is 0.861. The SMILES string of the molecule is O=C(O)C(O)c1c(Cl)cccc1OC(F)F. The maximum Gasteiger partial charge on any atom is 0.387 e. The Morgan fingerprint density at radius 2 is 2.06 bits per heavy atom. The first-order chi connectivity index (χ1) is 7.43. The third-order valence-corrected chi connectivity index (χ3v) is 2.07. The second-order valence-corrected chi connectivity index (χ2v) is 3.18. The zero-order chi connectivity index (χ0) is 12.3. The maximum absolute atomic E-state index is 12.0. The number of rotatable bonds is 4. The van der Waals surface area contributed by atoms with E-state index in [1.807, 2.05) is 0 Å². The van der Waals surface area contributed by atoms with Gasteiger partial charge in [0.25, 0.3) is 0 Å². The van der Waals surface area contributed by atoms with E-state index in [2.05, 4.69) is 4.74 Å². The number of hydrogen-bond acceptors (Lipinski definition) is 3. The van der Waals surface area contributed by atoms with Crippen molar-refractivity contribution in [2.75, 3.05) is 0 Å². The molecule has 0 radical (unpaired) electrons. The summed E-state index contributed by atoms with van der Waals surface area (Å²) in [6.07, 6.45) is -2.01. The molecule has 1 rings (SSSR count). The second-order valence-electron chi connectivity index (χ2n) is 2.77. The fourth-order valence-corrected chi connectivity index (χ4v) is 1.37. The first kappa shape index (κ1) is 12.7. The van der Waals surface area contributed by atoms with Gasteiger partial charge in [-0.1, -0.05) is 17.7 Å². The molecule has 0 saturated carbocycles. The number of aliphatic hydroxyl groups excluding tert-OH is 1. The Kier molecular flexibility index (Phi) is 4.03. The average Bonchev–Trinajstić information content (AvgIpc) is 2.16. The molecule has 1 atom stereocenters. The standard InChI is InChI=1S/C9H7ClF2O4/c10-4-2-1-3-5(16-9(11)12)6(4)7(13)8(14)15/h1-3,7,9,13H,(H,14,15). The molecule has 0 aromatic heterocycles. The van der Waals surface area contributed by atoms with E-state index >= 15 is 0 Å². The van der Waals surface area contributed by atoms with Crippen molar-refractivity contribution < 1.29 is 28.5 Å². The van der Waals surface area contributed by atoms with Crippen molar-refractivity contribution in [3.8, 4) is 5.75 Å². The predicted molar refractivity (Wildman–Crippen MR) is 50.7 cm³/mol. The first-order valence-electron chi connectivity index (χ1n) is 4.07. The highest BCUT2D eigenvalue weighted by Crippen LogP contribution is 2.33. The minimum absolute atomic E-state index is 0.159. The number of halogens is 3. The van der Waals surface area contributed by atoms with Gasteiger partial charge in [-0.25, -0.2) is 4.79 Å². The van der Waals surface area contributed by atoms with Gasteiger partial charge in [0.05, 0.1) is 10.6 Å². The van der Waals surface area contributed by atoms with Gasteiger partial charge in [0.1, 0.15) is 5.75 Å². The molecule has 0 aliphatic carbocycles. The van der Waals surface area contributed by atoms with Crippen LogP contribution in [0.15, 0.2) is 18.2 Å². The van der Waals surface area contributed by atoms with Crippen LogP contribution in [0.2, 0.25) is 5.02 Å². The molecule has 4 nitrogen and oxygen atoms in total. The van der Waals surface area contributed by atoms with Gasteiger partial charge in [0, 0.05) is 0 Å². The number of carbonyl (C=O) groups is 1. The molecule has 1 aromatic carbocycles. The molecule has 0 bridgehead atoms. The molecule has 0 amide bonds. The third-order valence-electron chi connectivity index (χ3n) is 1.74. The Hall–Kier alpha value is -1.40. The lowest BCUT2D eigenvalue weighted by Gasteiger charge is -2.14. The van der Waals surface area contributed by atoms with Gasteiger partial charge < -0.3 is 14.9 Å². The van der Waals surface area contributed by atoms with E-state index in [9.17, 15) is 18.7 Å². The Balaban J connectivity index is 3.17. The molecule has 0 aliphatic rings. The van der Waals surface area contributed by atoms with Crippen LogP contribution in [-0.2, 0) is 4.79 Å². The fourth-order valence-electron chi connectivity index (χ4n) is 1.10. The molecule has 88 valence electrons. The van der Waals surface area contributed by atoms with Crippen molar-refractivity contribution in [2.24, 2.45) is 0 Å². The molecule has 0 aliphatic heterocycles. The molecule has 1 unspecified atom stereocenters. The van der Waals surface area contributed by atoms with E-state index in [0.717, 1.165) is 6.07 Å². The smallest absolute Gasteiger partial charge is 0.387 e. The van der Waals surface area contributed by atoms with Crippen LogP contribution in [0, 0.1) is 0 Å². The number of aliphatic carboxylic acids is 1. The van der Waals surface area contributed by atoms with Crippen molar-refractivity contribution in [1.82, 2.24) is 0 Å². The third kappa shape index (κ3) is 2.80. The van der Waals surface area contributed by atoms with Gasteiger partial charge in [-0.2, -0.15) is 8.78 Å². The van der Waals surface area contributed by atoms with Crippen molar-refractivity contribution in [1.29, 1.82) is 0 Å². The van der Waals surface area contributed by atoms with Crippen LogP contribution in [0.4, 0.5) is 8.78 Å². The van der Waals surface area contributed by atoms with Crippen molar-refractivity contribution in [2.45, 2.75) is 12.7 Å². The minimum atomic E-state index is -3.13. The van der Waals surface area contributed by atoms with Crippen LogP contribution in [0.5, 0.6) is 5.75 Å². The largest absolute Gasteiger partial charge is 0.479 e. The predicted octanol–water partition coefficient (Wildman–Crippen LogP) is 2.06. The lowest BCUT2D eigenvalue weighted by atomic mass is 10.1. The van der Waals surface area contributed by atoms with Crippen molar-refractivity contribution in [3.63, 3.8) is 0 Å². The number of carboxylic acids is 1. The van der Waals surface area contributed by atoms with Crippen LogP contribution in [0.25, 0.3) is 0 Å². The van der Waals surface area contributed by atoms with Crippen LogP contribution >= 0.6 is 11.6 Å². The van der Waals surface area contributed by atoms with Crippen LogP contribution in [-0.4, -0.2) is 22.8 Å². The number of carboxylic acid groups (broad SMARTS) is 1. The Labute approximate surface area is 94.0 Å². The maximum atomic E-state index is 12.0. The van der Waals surface area contributed by atoms with Crippen LogP contribution in [0.3, 0.4) is 0 Å². The Morgan fingerprint density at radius 1 is 1.44 bits per heavy atom.